The third-order valence-corrected chi connectivity index (χ3v) is 4.65. The molecule has 148 valence electrons. The molecule has 0 aliphatic carbocycles. The van der Waals surface area contributed by atoms with Crippen molar-refractivity contribution in [2.24, 2.45) is 15.0 Å². The van der Waals surface area contributed by atoms with E-state index >= 15 is 0 Å². The highest BCUT2D eigenvalue weighted by Gasteiger charge is 2.29. The number of fused-ring (bicyclic) bond motifs is 1. The van der Waals surface area contributed by atoms with Crippen molar-refractivity contribution in [3.8, 4) is 5.75 Å². The SMILES string of the molecule is CC(C)N1C=NC2C=C(NCCc3ccc(O)cc3)N=C(c3cnccn3)N=C21. The van der Waals surface area contributed by atoms with Crippen LogP contribution in [0.1, 0.15) is 25.1 Å². The number of nitrogens with one attached hydrogen (secondary N) is 1. The van der Waals surface area contributed by atoms with E-state index in [1.165, 1.54) is 0 Å². The van der Waals surface area contributed by atoms with E-state index < -0.39 is 0 Å². The molecule has 1 aromatic heterocycles. The van der Waals surface area contributed by atoms with Crippen LogP contribution in [0.15, 0.2) is 69.7 Å². The van der Waals surface area contributed by atoms with Gasteiger partial charge >= 0.3 is 0 Å². The van der Waals surface area contributed by atoms with Crippen LogP contribution in [0.25, 0.3) is 0 Å². The summed E-state index contributed by atoms with van der Waals surface area (Å²) >= 11 is 0. The molecule has 1 aromatic carbocycles. The largest absolute Gasteiger partial charge is 0.508 e. The van der Waals surface area contributed by atoms with Crippen LogP contribution in [0.3, 0.4) is 0 Å². The summed E-state index contributed by atoms with van der Waals surface area (Å²) < 4.78 is 0. The minimum atomic E-state index is -0.188. The minimum Gasteiger partial charge on any atom is -0.508 e. The zero-order valence-electron chi connectivity index (χ0n) is 16.4. The fourth-order valence-electron chi connectivity index (χ4n) is 3.12. The summed E-state index contributed by atoms with van der Waals surface area (Å²) in [4.78, 5) is 24.6. The first-order valence-electron chi connectivity index (χ1n) is 9.59. The lowest BCUT2D eigenvalue weighted by molar-refractivity contribution is 0.475. The van der Waals surface area contributed by atoms with Crippen LogP contribution in [-0.2, 0) is 6.42 Å². The molecule has 29 heavy (non-hydrogen) atoms. The number of benzene rings is 1. The molecule has 0 bridgehead atoms. The van der Waals surface area contributed by atoms with E-state index in [-0.39, 0.29) is 17.8 Å². The number of amidine groups is 2. The minimum absolute atomic E-state index is 0.188. The molecule has 2 aliphatic heterocycles. The number of phenols is 1. The van der Waals surface area contributed by atoms with E-state index in [4.69, 9.17) is 9.98 Å². The van der Waals surface area contributed by atoms with Crippen LogP contribution in [0.4, 0.5) is 0 Å². The molecule has 0 amide bonds. The predicted octanol–water partition coefficient (Wildman–Crippen LogP) is 2.14. The Bertz CT molecular complexity index is 978. The maximum atomic E-state index is 9.42. The van der Waals surface area contributed by atoms with Crippen LogP contribution in [0, 0.1) is 0 Å². The highest BCUT2D eigenvalue weighted by Crippen LogP contribution is 2.19. The number of aromatic nitrogens is 2. The Kier molecular flexibility index (Phi) is 5.33. The van der Waals surface area contributed by atoms with Gasteiger partial charge in [0.1, 0.15) is 29.1 Å². The zero-order chi connectivity index (χ0) is 20.2. The number of phenolic OH excluding ortho intramolecular Hbond substituents is 1. The molecule has 3 heterocycles. The van der Waals surface area contributed by atoms with E-state index in [0.29, 0.717) is 23.9 Å². The quantitative estimate of drug-likeness (QED) is 0.789. The summed E-state index contributed by atoms with van der Waals surface area (Å²) in [7, 11) is 0. The lowest BCUT2D eigenvalue weighted by Crippen LogP contribution is -2.36. The van der Waals surface area contributed by atoms with Gasteiger partial charge in [0.15, 0.2) is 5.84 Å². The second-order valence-electron chi connectivity index (χ2n) is 7.10. The van der Waals surface area contributed by atoms with Crippen molar-refractivity contribution in [3.05, 3.63) is 66.0 Å². The third kappa shape index (κ3) is 4.31. The molecule has 0 saturated carbocycles. The number of hydrogen-bond donors (Lipinski definition) is 2. The van der Waals surface area contributed by atoms with E-state index in [1.807, 2.05) is 29.4 Å². The monoisotopic (exact) mass is 389 g/mol. The maximum absolute atomic E-state index is 9.42. The molecular weight excluding hydrogens is 366 g/mol. The first-order valence-corrected chi connectivity index (χ1v) is 9.59. The summed E-state index contributed by atoms with van der Waals surface area (Å²) in [6.07, 6.45) is 9.53. The molecular formula is C21H23N7O. The van der Waals surface area contributed by atoms with Gasteiger partial charge in [-0.2, -0.15) is 0 Å². The molecule has 8 nitrogen and oxygen atoms in total. The highest BCUT2D eigenvalue weighted by molar-refractivity contribution is 6.12. The van der Waals surface area contributed by atoms with Crippen LogP contribution >= 0.6 is 0 Å². The van der Waals surface area contributed by atoms with E-state index in [1.54, 1.807) is 30.7 Å². The molecule has 0 fully saturated rings. The molecule has 1 unspecified atom stereocenters. The fourth-order valence-corrected chi connectivity index (χ4v) is 3.12. The highest BCUT2D eigenvalue weighted by atomic mass is 16.3. The van der Waals surface area contributed by atoms with Gasteiger partial charge in [0.25, 0.3) is 0 Å². The summed E-state index contributed by atoms with van der Waals surface area (Å²) in [5, 5.41) is 12.8. The average molecular weight is 389 g/mol. The second-order valence-corrected chi connectivity index (χ2v) is 7.10. The van der Waals surface area contributed by atoms with Gasteiger partial charge in [-0.1, -0.05) is 12.1 Å². The van der Waals surface area contributed by atoms with Gasteiger partial charge in [-0.15, -0.1) is 0 Å². The Morgan fingerprint density at radius 2 is 1.97 bits per heavy atom. The zero-order valence-corrected chi connectivity index (χ0v) is 16.4. The fraction of sp³-hybridized carbons (Fsp3) is 0.286. The maximum Gasteiger partial charge on any atom is 0.183 e. The number of rotatable bonds is 6. The molecule has 0 radical (unpaired) electrons. The van der Waals surface area contributed by atoms with E-state index in [2.05, 4.69) is 34.1 Å². The number of aliphatic imine (C=N–C) groups is 3. The van der Waals surface area contributed by atoms with Crippen LogP contribution < -0.4 is 5.32 Å². The first kappa shape index (κ1) is 18.8. The van der Waals surface area contributed by atoms with Gasteiger partial charge in [0, 0.05) is 25.0 Å². The van der Waals surface area contributed by atoms with Gasteiger partial charge in [-0.3, -0.25) is 9.98 Å². The van der Waals surface area contributed by atoms with E-state index in [9.17, 15) is 5.11 Å². The molecule has 4 rings (SSSR count). The lowest BCUT2D eigenvalue weighted by atomic mass is 10.1. The summed E-state index contributed by atoms with van der Waals surface area (Å²) in [6.45, 7) is 4.89. The van der Waals surface area contributed by atoms with E-state index in [0.717, 1.165) is 17.8 Å². The standard InChI is InChI=1S/C21H23N7O/c1-14(2)28-13-25-17-11-19(24-8-7-15-3-5-16(29)6-4-15)26-20(27-21(17)28)18-12-22-9-10-23-18/h3-6,9-14,17,24,29H,7-8H2,1-2H3. The van der Waals surface area contributed by atoms with Gasteiger partial charge in [0.2, 0.25) is 0 Å². The van der Waals surface area contributed by atoms with Crippen molar-refractivity contribution in [1.29, 1.82) is 0 Å². The molecule has 2 N–H and O–H groups in total. The van der Waals surface area contributed by atoms with Gasteiger partial charge in [-0.25, -0.2) is 15.0 Å². The van der Waals surface area contributed by atoms with Crippen molar-refractivity contribution in [2.75, 3.05) is 6.54 Å². The molecule has 8 heteroatoms. The smallest absolute Gasteiger partial charge is 0.183 e. The lowest BCUT2D eigenvalue weighted by Gasteiger charge is -2.21. The predicted molar refractivity (Wildman–Crippen MR) is 113 cm³/mol. The van der Waals surface area contributed by atoms with Crippen molar-refractivity contribution >= 4 is 18.0 Å². The van der Waals surface area contributed by atoms with Crippen molar-refractivity contribution in [2.45, 2.75) is 32.4 Å². The Labute approximate surface area is 169 Å². The molecule has 2 aromatic rings. The van der Waals surface area contributed by atoms with Gasteiger partial charge < -0.3 is 15.3 Å². The number of aromatic hydroxyl groups is 1. The van der Waals surface area contributed by atoms with Crippen molar-refractivity contribution in [1.82, 2.24) is 20.2 Å². The molecule has 0 saturated heterocycles. The first-order chi connectivity index (χ1) is 14.1. The average Bonchev–Trinajstić information content (AvgIpc) is 3.03. The Balaban J connectivity index is 1.57. The molecule has 1 atom stereocenters. The molecule has 0 spiro atoms. The van der Waals surface area contributed by atoms with Crippen LogP contribution in [0.5, 0.6) is 5.75 Å². The van der Waals surface area contributed by atoms with Gasteiger partial charge in [0.05, 0.1) is 12.5 Å². The summed E-state index contributed by atoms with van der Waals surface area (Å²) in [5.41, 5.74) is 1.74. The Morgan fingerprint density at radius 3 is 2.69 bits per heavy atom. The Hall–Kier alpha value is -3.55. The molecule has 2 aliphatic rings. The van der Waals surface area contributed by atoms with Crippen molar-refractivity contribution in [3.63, 3.8) is 0 Å². The van der Waals surface area contributed by atoms with Gasteiger partial charge in [-0.05, 0) is 44.0 Å². The second kappa shape index (κ2) is 8.22. The number of nitrogens with zero attached hydrogens (tertiary/aromatic N) is 6. The third-order valence-electron chi connectivity index (χ3n) is 4.65. The topological polar surface area (TPSA) is 98.4 Å². The summed E-state index contributed by atoms with van der Waals surface area (Å²) in [6, 6.07) is 7.26. The normalized spacial score (nSPS) is 18.1. The van der Waals surface area contributed by atoms with Crippen LogP contribution in [-0.4, -0.2) is 56.6 Å². The Morgan fingerprint density at radius 1 is 1.14 bits per heavy atom. The van der Waals surface area contributed by atoms with Crippen LogP contribution in [0.2, 0.25) is 0 Å². The summed E-state index contributed by atoms with van der Waals surface area (Å²) in [5.74, 6) is 2.32. The number of hydrogen-bond acceptors (Lipinski definition) is 8. The van der Waals surface area contributed by atoms with Crippen molar-refractivity contribution < 1.29 is 5.11 Å².